The summed E-state index contributed by atoms with van der Waals surface area (Å²) in [5.74, 6) is 0.508. The SMILES string of the molecule is CN(C)/C=N/c1ncnc2c1ncn2[C@@H]1OC2(CC(Oc3ccc4cc(Cl)cnc4c3)C2)[C@H]2OC(C)(C)O[C@@H]12. The number of benzene rings is 1. The first-order valence-corrected chi connectivity index (χ1v) is 13.2. The number of fused-ring (bicyclic) bond motifs is 4. The minimum absolute atomic E-state index is 0.0321. The molecule has 11 nitrogen and oxygen atoms in total. The van der Waals surface area contributed by atoms with Crippen LogP contribution in [0.1, 0.15) is 32.9 Å². The number of imidazole rings is 1. The lowest BCUT2D eigenvalue weighted by Crippen LogP contribution is -2.57. The Bertz CT molecular complexity index is 1600. The molecule has 3 aliphatic rings. The lowest BCUT2D eigenvalue weighted by molar-refractivity contribution is -0.249. The molecule has 0 amide bonds. The number of pyridine rings is 1. The zero-order valence-electron chi connectivity index (χ0n) is 22.0. The Morgan fingerprint density at radius 1 is 1.10 bits per heavy atom. The van der Waals surface area contributed by atoms with E-state index in [0.717, 1.165) is 16.7 Å². The predicted molar refractivity (Wildman–Crippen MR) is 144 cm³/mol. The third-order valence-corrected chi connectivity index (χ3v) is 7.59. The van der Waals surface area contributed by atoms with Crippen LogP contribution in [0, 0.1) is 0 Å². The van der Waals surface area contributed by atoms with Gasteiger partial charge >= 0.3 is 0 Å². The van der Waals surface area contributed by atoms with Gasteiger partial charge in [-0.1, -0.05) is 11.6 Å². The molecule has 39 heavy (non-hydrogen) atoms. The molecule has 1 aromatic carbocycles. The molecule has 12 heteroatoms. The first kappa shape index (κ1) is 24.6. The van der Waals surface area contributed by atoms with Crippen molar-refractivity contribution in [3.63, 3.8) is 0 Å². The van der Waals surface area contributed by atoms with Crippen molar-refractivity contribution in [2.24, 2.45) is 4.99 Å². The summed E-state index contributed by atoms with van der Waals surface area (Å²) in [6.45, 7) is 3.86. The van der Waals surface area contributed by atoms with E-state index in [2.05, 4.69) is 24.9 Å². The molecule has 0 radical (unpaired) electrons. The van der Waals surface area contributed by atoms with Gasteiger partial charge in [-0.25, -0.2) is 19.9 Å². The first-order chi connectivity index (χ1) is 18.7. The van der Waals surface area contributed by atoms with Crippen molar-refractivity contribution in [3.8, 4) is 5.75 Å². The second kappa shape index (κ2) is 8.82. The summed E-state index contributed by atoms with van der Waals surface area (Å²) in [5.41, 5.74) is 1.50. The smallest absolute Gasteiger partial charge is 0.184 e. The molecule has 0 N–H and O–H groups in total. The zero-order valence-corrected chi connectivity index (χ0v) is 22.7. The van der Waals surface area contributed by atoms with E-state index in [1.165, 1.54) is 6.33 Å². The van der Waals surface area contributed by atoms with Crippen molar-refractivity contribution in [2.45, 2.75) is 62.6 Å². The Balaban J connectivity index is 1.15. The van der Waals surface area contributed by atoms with E-state index in [9.17, 15) is 0 Å². The molecule has 0 bridgehead atoms. The van der Waals surface area contributed by atoms with Gasteiger partial charge in [0.2, 0.25) is 0 Å². The molecule has 5 heterocycles. The van der Waals surface area contributed by atoms with Crippen LogP contribution in [0.2, 0.25) is 5.02 Å². The van der Waals surface area contributed by atoms with Crippen LogP contribution in [0.25, 0.3) is 22.1 Å². The Morgan fingerprint density at radius 3 is 2.77 bits per heavy atom. The monoisotopic (exact) mass is 549 g/mol. The van der Waals surface area contributed by atoms with Crippen LogP contribution >= 0.6 is 11.6 Å². The van der Waals surface area contributed by atoms with Crippen LogP contribution in [0.4, 0.5) is 5.82 Å². The van der Waals surface area contributed by atoms with Gasteiger partial charge < -0.3 is 23.8 Å². The third-order valence-electron chi connectivity index (χ3n) is 7.38. The normalized spacial score (nSPS) is 29.4. The van der Waals surface area contributed by atoms with Gasteiger partial charge in [-0.3, -0.25) is 9.55 Å². The predicted octanol–water partition coefficient (Wildman–Crippen LogP) is 4.28. The van der Waals surface area contributed by atoms with Crippen LogP contribution in [0.5, 0.6) is 5.75 Å². The van der Waals surface area contributed by atoms with Crippen molar-refractivity contribution < 1.29 is 18.9 Å². The molecular formula is C27H28ClN7O4. The number of hydrogen-bond donors (Lipinski definition) is 0. The van der Waals surface area contributed by atoms with Crippen molar-refractivity contribution >= 4 is 45.8 Å². The second-order valence-electron chi connectivity index (χ2n) is 11.0. The highest BCUT2D eigenvalue weighted by atomic mass is 35.5. The van der Waals surface area contributed by atoms with E-state index in [-0.39, 0.29) is 18.3 Å². The van der Waals surface area contributed by atoms with Crippen LogP contribution in [0.15, 0.2) is 48.1 Å². The maximum absolute atomic E-state index is 6.75. The van der Waals surface area contributed by atoms with Crippen LogP contribution in [0.3, 0.4) is 0 Å². The second-order valence-corrected chi connectivity index (χ2v) is 11.4. The molecule has 1 saturated carbocycles. The van der Waals surface area contributed by atoms with Gasteiger partial charge in [-0.05, 0) is 32.0 Å². The molecule has 1 spiro atoms. The summed E-state index contributed by atoms with van der Waals surface area (Å²) in [4.78, 5) is 24.1. The summed E-state index contributed by atoms with van der Waals surface area (Å²) in [6, 6.07) is 7.73. The summed E-state index contributed by atoms with van der Waals surface area (Å²) < 4.78 is 27.8. The Morgan fingerprint density at radius 2 is 1.95 bits per heavy atom. The topological polar surface area (TPSA) is 109 Å². The fourth-order valence-electron chi connectivity index (χ4n) is 5.75. The quantitative estimate of drug-likeness (QED) is 0.266. The Kier molecular flexibility index (Phi) is 5.57. The van der Waals surface area contributed by atoms with E-state index in [1.54, 1.807) is 18.9 Å². The summed E-state index contributed by atoms with van der Waals surface area (Å²) in [7, 11) is 3.79. The highest BCUT2D eigenvalue weighted by Crippen LogP contribution is 2.56. The number of hydrogen-bond acceptors (Lipinski definition) is 9. The van der Waals surface area contributed by atoms with E-state index >= 15 is 0 Å². The minimum Gasteiger partial charge on any atom is -0.490 e. The van der Waals surface area contributed by atoms with Gasteiger partial charge in [-0.2, -0.15) is 0 Å². The van der Waals surface area contributed by atoms with Gasteiger partial charge in [0.25, 0.3) is 0 Å². The van der Waals surface area contributed by atoms with Crippen LogP contribution in [-0.4, -0.2) is 79.5 Å². The maximum atomic E-state index is 6.75. The zero-order chi connectivity index (χ0) is 26.9. The standard InChI is InChI=1S/C27H28ClN7O4/c1-26(2)37-21-22(38-26)27(9-18(10-27)36-17-6-5-15-7-16(28)11-29-19(15)8-17)39-25(21)35-14-32-20-23(33-13-34(3)4)30-12-31-24(20)35/h5-8,11-14,18,21-22,25H,9-10H2,1-4H3/b33-13+/t18?,21-,22+,25-,27?/m1/s1. The van der Waals surface area contributed by atoms with Crippen molar-refractivity contribution in [1.82, 2.24) is 29.4 Å². The molecule has 4 aromatic rings. The molecular weight excluding hydrogens is 522 g/mol. The highest BCUT2D eigenvalue weighted by Gasteiger charge is 2.68. The highest BCUT2D eigenvalue weighted by molar-refractivity contribution is 6.31. The fraction of sp³-hybridized carbons (Fsp3) is 0.444. The van der Waals surface area contributed by atoms with Crippen molar-refractivity contribution in [1.29, 1.82) is 0 Å². The molecule has 2 saturated heterocycles. The van der Waals surface area contributed by atoms with Crippen molar-refractivity contribution in [2.75, 3.05) is 14.1 Å². The third kappa shape index (κ3) is 4.20. The van der Waals surface area contributed by atoms with E-state index in [1.807, 2.05) is 61.7 Å². The summed E-state index contributed by atoms with van der Waals surface area (Å²) in [5, 5.41) is 1.58. The van der Waals surface area contributed by atoms with Crippen LogP contribution < -0.4 is 4.74 Å². The number of aliphatic imine (C=N–C) groups is 1. The first-order valence-electron chi connectivity index (χ1n) is 12.8. The van der Waals surface area contributed by atoms with Gasteiger partial charge in [0.1, 0.15) is 36.0 Å². The summed E-state index contributed by atoms with van der Waals surface area (Å²) >= 11 is 6.07. The average molecular weight is 550 g/mol. The van der Waals surface area contributed by atoms with E-state index in [0.29, 0.717) is 34.8 Å². The van der Waals surface area contributed by atoms with Gasteiger partial charge in [0.05, 0.1) is 23.2 Å². The fourth-order valence-corrected chi connectivity index (χ4v) is 5.91. The lowest BCUT2D eigenvalue weighted by atomic mass is 9.73. The lowest BCUT2D eigenvalue weighted by Gasteiger charge is -2.46. The van der Waals surface area contributed by atoms with Crippen LogP contribution in [-0.2, 0) is 14.2 Å². The van der Waals surface area contributed by atoms with E-state index < -0.39 is 17.6 Å². The number of ether oxygens (including phenoxy) is 4. The molecule has 202 valence electrons. The Labute approximate surface area is 229 Å². The molecule has 1 aliphatic carbocycles. The molecule has 3 aromatic heterocycles. The number of halogens is 1. The van der Waals surface area contributed by atoms with Gasteiger partial charge in [0, 0.05) is 44.6 Å². The molecule has 3 fully saturated rings. The largest absolute Gasteiger partial charge is 0.490 e. The molecule has 7 rings (SSSR count). The maximum Gasteiger partial charge on any atom is 0.184 e. The minimum atomic E-state index is -0.742. The number of aromatic nitrogens is 5. The molecule has 3 atom stereocenters. The molecule has 2 aliphatic heterocycles. The number of nitrogens with zero attached hydrogens (tertiary/aromatic N) is 7. The van der Waals surface area contributed by atoms with E-state index in [4.69, 9.17) is 30.5 Å². The Hall–Kier alpha value is -3.38. The number of rotatable bonds is 5. The summed E-state index contributed by atoms with van der Waals surface area (Å²) in [6.07, 6.45) is 6.74. The van der Waals surface area contributed by atoms with Gasteiger partial charge in [-0.15, -0.1) is 0 Å². The average Bonchev–Trinajstić information content (AvgIpc) is 3.52. The van der Waals surface area contributed by atoms with Crippen molar-refractivity contribution in [3.05, 3.63) is 48.1 Å². The molecule has 0 unspecified atom stereocenters. The van der Waals surface area contributed by atoms with Gasteiger partial charge in [0.15, 0.2) is 29.0 Å².